The molecule has 4 aromatic carbocycles. The average Bonchev–Trinajstić information content (AvgIpc) is 0.858. The van der Waals surface area contributed by atoms with Gasteiger partial charge in [0.2, 0.25) is 23.6 Å². The Balaban J connectivity index is 0. The Bertz CT molecular complexity index is 6790. The first-order valence-corrected chi connectivity index (χ1v) is 112. The standard InChI is InChI=1S/2C25H34N2O3.BH.S32.S31.U/c2*1-18(16-20-12-8-6-9-13-20)23(28)27-22(19(2)30-25(3,4)5)24(29)26-17-21-14-10-7-11-15-21;;1-3-5-7-9-11-13-15-17-19-21-23-25-27-29-31-32-30-28-26-24-22-20-18-16-14-12-10-8-6-4-2;1-3-5-7-9-11-13-15-17-19-21-23-25-27-29-31-30-28-26-24-22-20-18-16-14-12-10-8-6-4-2;/h2*6-15,18-19,22H,16-17H2,1-5H3,(H,26,29)(H,27,28);1H;;;/t2*18-,19+,22-;;;;/m00..../s1/i;;1D;;;. The number of hydrogen-bond acceptors (Lipinski definition) is 10. The number of carbonyl (C=O) groups is 4. The van der Waals surface area contributed by atoms with Gasteiger partial charge in [-0.15, -0.1) is 0 Å². The van der Waals surface area contributed by atoms with Crippen LogP contribution >= 0.6 is 0 Å². The van der Waals surface area contributed by atoms with Crippen molar-refractivity contribution in [2.45, 2.75) is 131 Å². The molecule has 0 spiro atoms. The zero-order valence-electron chi connectivity index (χ0n) is 65.1. The Morgan fingerprint density at radius 2 is 0.432 bits per heavy atom. The van der Waals surface area contributed by atoms with Gasteiger partial charge in [-0.2, -0.15) is 0 Å². The van der Waals surface area contributed by atoms with E-state index in [1.54, 1.807) is 213 Å². The zero-order chi connectivity index (χ0) is 92.0. The predicted octanol–water partition coefficient (Wildman–Crippen LogP) is 6.94. The minimum Gasteiger partial charge on any atom is -0.370 e. The van der Waals surface area contributed by atoms with Gasteiger partial charge >= 0.3 is 0 Å². The summed E-state index contributed by atoms with van der Waals surface area (Å²) in [6, 6.07) is 37.5. The summed E-state index contributed by atoms with van der Waals surface area (Å²) in [5, 5.41) is 11.7. The smallest absolute Gasteiger partial charge is 0.245 e. The van der Waals surface area contributed by atoms with Crippen LogP contribution in [0.5, 0.6) is 0 Å². The fraction of sp³-hybridized carbons (Fsp3) is 0.440. The Kier molecular flexibility index (Phi) is 109. The largest absolute Gasteiger partial charge is 0.370 e. The average molecular weight is 3090 g/mol. The molecule has 0 saturated heterocycles. The Morgan fingerprint density at radius 3 is 0.584 bits per heavy atom. The van der Waals surface area contributed by atoms with Crippen molar-refractivity contribution in [1.82, 2.24) is 21.3 Å². The molecule has 0 aromatic heterocycles. The SMILES string of the molecule is C[C@@H](Cc1ccccc1)C(=O)N[C@H](C(=O)NCc1ccccc1)[C@@H](C)OC(C)(C)C.C[C@@H](Cc1ccccc1)C(=O)N[C@H](C(=O)NCc1ccccc1)[C@@H](C)OC(C)(C)C.S=S=S=S=S=S=S=S=S=S=S=S=S=S=S=S=S=S=S=S=S=S=S=S=S=S=S=S=S=S=S.S=S=S=S=S=S=S=S=S=S=S=S=S=S=S=S=S=S=S=S=S=S=S=S=S=S=S=S=S=S=S=S.[2H][B].[U]. The molecule has 4 N–H and O–H groups in total. The summed E-state index contributed by atoms with van der Waals surface area (Å²) in [5.41, 5.74) is 3.30. The van der Waals surface area contributed by atoms with E-state index in [1.165, 1.54) is 35.5 Å². The van der Waals surface area contributed by atoms with Crippen LogP contribution in [0.3, 0.4) is 0 Å². The van der Waals surface area contributed by atoms with Crippen molar-refractivity contribution in [2.24, 2.45) is 11.8 Å². The second-order valence-corrected chi connectivity index (χ2v) is 126. The van der Waals surface area contributed by atoms with Crippen LogP contribution < -0.4 is 21.3 Å². The summed E-state index contributed by atoms with van der Waals surface area (Å²) in [5.74, 6) is -1.37. The number of hydrogen-bond donors (Lipinski definition) is 4. The predicted molar refractivity (Wildman–Crippen MR) is 711 cm³/mol. The molecule has 710 valence electrons. The van der Waals surface area contributed by atoms with Crippen molar-refractivity contribution < 1.29 is 59.8 Å². The fourth-order valence-corrected chi connectivity index (χ4v) is 158. The van der Waals surface area contributed by atoms with Crippen molar-refractivity contribution >= 4 is 601 Å². The van der Waals surface area contributed by atoms with Gasteiger partial charge in [0.05, 0.1) is 23.4 Å². The van der Waals surface area contributed by atoms with Gasteiger partial charge < -0.3 is 30.7 Å². The number of benzene rings is 4. The van der Waals surface area contributed by atoms with Gasteiger partial charge in [-0.25, -0.2) is 0 Å². The fourth-order valence-electron chi connectivity index (χ4n) is 7.17. The van der Waals surface area contributed by atoms with Crippen molar-refractivity contribution in [3.8, 4) is 0 Å². The Hall–Kier alpha value is 9.66. The second kappa shape index (κ2) is 101. The van der Waals surface area contributed by atoms with Gasteiger partial charge in [0.15, 0.2) is 0 Å². The third kappa shape index (κ3) is 92.0. The topological polar surface area (TPSA) is 135 Å². The maximum Gasteiger partial charge on any atom is 0.245 e. The van der Waals surface area contributed by atoms with E-state index in [2.05, 4.69) is 29.6 Å². The van der Waals surface area contributed by atoms with E-state index in [0.29, 0.717) is 25.9 Å². The molecule has 125 heavy (non-hydrogen) atoms. The van der Waals surface area contributed by atoms with Crippen LogP contribution in [-0.2, 0) is 623 Å². The molecule has 0 aliphatic rings. The summed E-state index contributed by atoms with van der Waals surface area (Å²) in [6.45, 7) is 19.8. The summed E-state index contributed by atoms with van der Waals surface area (Å²) in [4.78, 5) is 51.6. The minimum atomic E-state index is -0.779. The van der Waals surface area contributed by atoms with Crippen molar-refractivity contribution in [3.05, 3.63) is 144 Å². The van der Waals surface area contributed by atoms with Gasteiger partial charge in [0.1, 0.15) is 12.1 Å². The monoisotopic (exact) mass is 3090 g/mol. The molecule has 0 saturated carbocycles. The quantitative estimate of drug-likeness (QED) is 0.0777. The van der Waals surface area contributed by atoms with Gasteiger partial charge in [-0.3, -0.25) is 19.2 Å². The van der Waals surface area contributed by atoms with E-state index in [4.69, 9.17) is 55.6 Å². The van der Waals surface area contributed by atoms with E-state index in [9.17, 15) is 19.2 Å². The molecule has 10 nitrogen and oxygen atoms in total. The van der Waals surface area contributed by atoms with Crippen LogP contribution in [0, 0.1) is 42.9 Å². The van der Waals surface area contributed by atoms with Crippen molar-refractivity contribution in [1.29, 1.82) is 1.34 Å². The second-order valence-electron chi connectivity index (χ2n) is 21.4. The molecule has 0 heterocycles. The molecule has 6 atom stereocenters. The first kappa shape index (κ1) is 135. The van der Waals surface area contributed by atoms with Gasteiger partial charge in [0.25, 0.3) is 0 Å². The van der Waals surface area contributed by atoms with E-state index in [1.807, 2.05) is 466 Å². The Labute approximate surface area is 947 Å². The third-order valence-corrected chi connectivity index (χ3v) is 138. The first-order valence-electron chi connectivity index (χ1n) is 31.7. The van der Waals surface area contributed by atoms with Crippen LogP contribution in [0.1, 0.15) is 91.5 Å². The molecule has 0 unspecified atom stereocenters. The molecular formula is C50H69BN4O6S63U. The molecule has 2 radical (unpaired) electrons. The Morgan fingerprint density at radius 1 is 0.280 bits per heavy atom. The zero-order valence-corrected chi connectivity index (χ0v) is 120. The van der Waals surface area contributed by atoms with Crippen LogP contribution in [0.25, 0.3) is 0 Å². The third-order valence-electron chi connectivity index (χ3n) is 11.0. The molecule has 75 heteroatoms. The normalized spacial score (nSPS) is 10.8. The van der Waals surface area contributed by atoms with Gasteiger partial charge in [-0.05, 0) is 91.8 Å². The van der Waals surface area contributed by atoms with Gasteiger partial charge in [-0.1, -0.05) is 135 Å². The molecule has 0 fully saturated rings. The van der Waals surface area contributed by atoms with E-state index in [-0.39, 0.29) is 66.6 Å². The van der Waals surface area contributed by atoms with Crippen LogP contribution in [0.4, 0.5) is 0 Å². The van der Waals surface area contributed by atoms with Crippen molar-refractivity contribution in [2.75, 3.05) is 0 Å². The number of ether oxygens (including phenoxy) is 2. The van der Waals surface area contributed by atoms with Crippen LogP contribution in [-0.4, -0.2) is 68.8 Å². The molecule has 0 bridgehead atoms. The van der Waals surface area contributed by atoms with Crippen molar-refractivity contribution in [3.63, 3.8) is 0 Å². The molecule has 4 rings (SSSR count). The van der Waals surface area contributed by atoms with E-state index < -0.39 is 35.5 Å². The minimum absolute atomic E-state index is 0. The molecule has 4 aromatic rings. The molecule has 0 aliphatic carbocycles. The summed E-state index contributed by atoms with van der Waals surface area (Å²) in [6.07, 6.45) is 0.265. The number of nitrogens with one attached hydrogen (secondary N) is 4. The summed E-state index contributed by atoms with van der Waals surface area (Å²) < 4.78 is 17.2. The van der Waals surface area contributed by atoms with Crippen LogP contribution in [0.2, 0.25) is 0 Å². The first-order chi connectivity index (χ1) is 60.6. The van der Waals surface area contributed by atoms with Crippen LogP contribution in [0.15, 0.2) is 121 Å². The molecule has 4 amide bonds. The van der Waals surface area contributed by atoms with Gasteiger partial charge in [0, 0.05) is 633 Å². The molecule has 0 aliphatic heterocycles. The summed E-state index contributed by atoms with van der Waals surface area (Å²) in [7, 11) is 107. The van der Waals surface area contributed by atoms with E-state index >= 15 is 0 Å². The summed E-state index contributed by atoms with van der Waals surface area (Å²) >= 11 is 19.2. The number of carbonyl (C=O) groups excluding carboxylic acids is 4. The number of amides is 4. The molecular weight excluding hydrogens is 3020 g/mol. The maximum atomic E-state index is 13.0. The maximum absolute atomic E-state index is 13.0. The van der Waals surface area contributed by atoms with E-state index in [0.717, 1.165) is 22.3 Å². The number of rotatable bonds is 18.